The molecule has 0 aliphatic carbocycles. The quantitative estimate of drug-likeness (QED) is 0.222. The number of guanidine groups is 1. The molecule has 1 aliphatic heterocycles. The van der Waals surface area contributed by atoms with Gasteiger partial charge >= 0.3 is 0 Å². The first kappa shape index (κ1) is 24.8. The Labute approximate surface area is 187 Å². The minimum absolute atomic E-state index is 0. The minimum Gasteiger partial charge on any atom is -0.493 e. The number of nitrogens with one attached hydrogen (secondary N) is 2. The lowest BCUT2D eigenvalue weighted by Gasteiger charge is -2.18. The van der Waals surface area contributed by atoms with E-state index in [2.05, 4.69) is 41.6 Å². The number of likely N-dealkylation sites (N-methyl/N-ethyl adjacent to an activating group) is 1. The Morgan fingerprint density at radius 2 is 2.07 bits per heavy atom. The third-order valence-corrected chi connectivity index (χ3v) is 4.94. The summed E-state index contributed by atoms with van der Waals surface area (Å²) >= 11 is 0. The second-order valence-corrected chi connectivity index (χ2v) is 6.94. The first-order valence-electron chi connectivity index (χ1n) is 10.2. The normalized spacial score (nSPS) is 17.1. The predicted octanol–water partition coefficient (Wildman–Crippen LogP) is 3.29. The Hall–Kier alpha value is -1.22. The Kier molecular flexibility index (Phi) is 12.3. The smallest absolute Gasteiger partial charge is 0.191 e. The van der Waals surface area contributed by atoms with Crippen LogP contribution in [0.4, 0.5) is 0 Å². The number of aryl methyl sites for hydroxylation is 1. The summed E-state index contributed by atoms with van der Waals surface area (Å²) in [6, 6.07) is 6.75. The van der Waals surface area contributed by atoms with Crippen molar-refractivity contribution in [2.45, 2.75) is 45.6 Å². The lowest BCUT2D eigenvalue weighted by atomic mass is 10.1. The first-order chi connectivity index (χ1) is 13.2. The van der Waals surface area contributed by atoms with Crippen LogP contribution in [-0.4, -0.2) is 63.8 Å². The van der Waals surface area contributed by atoms with Crippen LogP contribution in [0.3, 0.4) is 0 Å². The summed E-state index contributed by atoms with van der Waals surface area (Å²) in [5.74, 6) is 2.53. The van der Waals surface area contributed by atoms with Crippen LogP contribution in [-0.2, 0) is 6.42 Å². The van der Waals surface area contributed by atoms with Crippen LogP contribution in [0.2, 0.25) is 0 Å². The summed E-state index contributed by atoms with van der Waals surface area (Å²) in [5, 5.41) is 6.80. The van der Waals surface area contributed by atoms with E-state index in [0.29, 0.717) is 12.6 Å². The molecule has 7 heteroatoms. The summed E-state index contributed by atoms with van der Waals surface area (Å²) in [6.45, 7) is 8.55. The molecule has 1 unspecified atom stereocenters. The number of nitrogens with zero attached hydrogens (tertiary/aromatic N) is 2. The molecule has 1 atom stereocenters. The molecule has 0 amide bonds. The number of hydrogen-bond donors (Lipinski definition) is 2. The fourth-order valence-electron chi connectivity index (χ4n) is 3.39. The van der Waals surface area contributed by atoms with Crippen molar-refractivity contribution in [3.63, 3.8) is 0 Å². The van der Waals surface area contributed by atoms with Crippen LogP contribution in [0.5, 0.6) is 11.5 Å². The van der Waals surface area contributed by atoms with Gasteiger partial charge in [-0.05, 0) is 70.8 Å². The van der Waals surface area contributed by atoms with Crippen LogP contribution in [0.15, 0.2) is 23.2 Å². The van der Waals surface area contributed by atoms with Gasteiger partial charge in [0.1, 0.15) is 0 Å². The number of aliphatic imine (C=N–C) groups is 1. The zero-order valence-corrected chi connectivity index (χ0v) is 20.1. The Morgan fingerprint density at radius 1 is 1.25 bits per heavy atom. The van der Waals surface area contributed by atoms with Crippen molar-refractivity contribution in [2.24, 2.45) is 4.99 Å². The molecule has 1 aliphatic rings. The van der Waals surface area contributed by atoms with E-state index in [9.17, 15) is 0 Å². The minimum atomic E-state index is 0. The van der Waals surface area contributed by atoms with Crippen molar-refractivity contribution in [2.75, 3.05) is 46.9 Å². The van der Waals surface area contributed by atoms with E-state index in [1.54, 1.807) is 7.11 Å². The maximum absolute atomic E-state index is 5.66. The highest BCUT2D eigenvalue weighted by atomic mass is 127. The lowest BCUT2D eigenvalue weighted by molar-refractivity contribution is 0.310. The Bertz CT molecular complexity index is 598. The van der Waals surface area contributed by atoms with Crippen molar-refractivity contribution >= 4 is 29.9 Å². The van der Waals surface area contributed by atoms with Crippen molar-refractivity contribution < 1.29 is 9.47 Å². The van der Waals surface area contributed by atoms with E-state index < -0.39 is 0 Å². The highest BCUT2D eigenvalue weighted by Gasteiger charge is 2.20. The van der Waals surface area contributed by atoms with Crippen LogP contribution in [0.25, 0.3) is 0 Å². The van der Waals surface area contributed by atoms with Gasteiger partial charge in [0, 0.05) is 19.1 Å². The third-order valence-electron chi connectivity index (χ3n) is 4.94. The number of likely N-dealkylation sites (tertiary alicyclic amines) is 1. The van der Waals surface area contributed by atoms with Gasteiger partial charge < -0.3 is 25.0 Å². The van der Waals surface area contributed by atoms with E-state index in [4.69, 9.17) is 14.5 Å². The molecule has 2 N–H and O–H groups in total. The van der Waals surface area contributed by atoms with Crippen molar-refractivity contribution in [1.82, 2.24) is 15.5 Å². The van der Waals surface area contributed by atoms with Crippen molar-refractivity contribution in [3.05, 3.63) is 23.8 Å². The SMILES string of the molecule is CCNC(=NCC1CCCN1C)NCCCc1ccc(OC)c(OCC)c1.I. The Balaban J connectivity index is 0.00000392. The number of ether oxygens (including phenoxy) is 2. The molecule has 6 nitrogen and oxygen atoms in total. The largest absolute Gasteiger partial charge is 0.493 e. The summed E-state index contributed by atoms with van der Waals surface area (Å²) in [4.78, 5) is 7.18. The Morgan fingerprint density at radius 3 is 2.71 bits per heavy atom. The second kappa shape index (κ2) is 13.9. The topological polar surface area (TPSA) is 58.1 Å². The monoisotopic (exact) mass is 504 g/mol. The average Bonchev–Trinajstić information content (AvgIpc) is 3.08. The second-order valence-electron chi connectivity index (χ2n) is 6.94. The number of methoxy groups -OCH3 is 1. The highest BCUT2D eigenvalue weighted by molar-refractivity contribution is 14.0. The molecule has 1 saturated heterocycles. The van der Waals surface area contributed by atoms with E-state index >= 15 is 0 Å². The molecule has 0 saturated carbocycles. The zero-order valence-electron chi connectivity index (χ0n) is 17.8. The summed E-state index contributed by atoms with van der Waals surface area (Å²) in [7, 11) is 3.87. The van der Waals surface area contributed by atoms with E-state index in [-0.39, 0.29) is 24.0 Å². The molecule has 1 aromatic carbocycles. The van der Waals surface area contributed by atoms with Gasteiger partial charge in [-0.3, -0.25) is 4.99 Å². The van der Waals surface area contributed by atoms with E-state index in [1.165, 1.54) is 24.9 Å². The molecule has 2 rings (SSSR count). The molecule has 0 aromatic heterocycles. The number of rotatable bonds is 10. The molecule has 0 spiro atoms. The zero-order chi connectivity index (χ0) is 19.5. The van der Waals surface area contributed by atoms with E-state index in [0.717, 1.165) is 49.9 Å². The molecule has 1 heterocycles. The van der Waals surface area contributed by atoms with Gasteiger partial charge in [0.2, 0.25) is 0 Å². The molecule has 0 radical (unpaired) electrons. The number of hydrogen-bond acceptors (Lipinski definition) is 4. The standard InChI is InChI=1S/C21H36N4O2.HI/c1-5-22-21(24-16-18-10-8-14-25(18)3)23-13-7-9-17-11-12-19(26-4)20(15-17)27-6-2;/h11-12,15,18H,5-10,13-14,16H2,1-4H3,(H2,22,23,24);1H. The average molecular weight is 504 g/mol. The van der Waals surface area contributed by atoms with Gasteiger partial charge in [0.25, 0.3) is 0 Å². The summed E-state index contributed by atoms with van der Waals surface area (Å²) in [5.41, 5.74) is 1.26. The van der Waals surface area contributed by atoms with Gasteiger partial charge in [0.05, 0.1) is 20.3 Å². The van der Waals surface area contributed by atoms with Crippen LogP contribution in [0.1, 0.15) is 38.7 Å². The highest BCUT2D eigenvalue weighted by Crippen LogP contribution is 2.28. The fraction of sp³-hybridized carbons (Fsp3) is 0.667. The molecular formula is C21H37IN4O2. The maximum Gasteiger partial charge on any atom is 0.191 e. The maximum atomic E-state index is 5.66. The van der Waals surface area contributed by atoms with Crippen LogP contribution >= 0.6 is 24.0 Å². The molecule has 160 valence electrons. The summed E-state index contributed by atoms with van der Waals surface area (Å²) < 4.78 is 11.0. The fourth-order valence-corrected chi connectivity index (χ4v) is 3.39. The van der Waals surface area contributed by atoms with E-state index in [1.807, 2.05) is 13.0 Å². The first-order valence-corrected chi connectivity index (χ1v) is 10.2. The lowest BCUT2D eigenvalue weighted by Crippen LogP contribution is -2.39. The van der Waals surface area contributed by atoms with Gasteiger partial charge in [-0.1, -0.05) is 6.07 Å². The molecule has 1 aromatic rings. The van der Waals surface area contributed by atoms with Gasteiger partial charge in [-0.2, -0.15) is 0 Å². The van der Waals surface area contributed by atoms with Crippen LogP contribution in [0, 0.1) is 0 Å². The van der Waals surface area contributed by atoms with Gasteiger partial charge in [-0.15, -0.1) is 24.0 Å². The van der Waals surface area contributed by atoms with Gasteiger partial charge in [0.15, 0.2) is 17.5 Å². The predicted molar refractivity (Wildman–Crippen MR) is 128 cm³/mol. The number of benzene rings is 1. The summed E-state index contributed by atoms with van der Waals surface area (Å²) in [6.07, 6.45) is 4.55. The molecule has 1 fully saturated rings. The van der Waals surface area contributed by atoms with Crippen molar-refractivity contribution in [3.8, 4) is 11.5 Å². The van der Waals surface area contributed by atoms with Crippen LogP contribution < -0.4 is 20.1 Å². The molecule has 0 bridgehead atoms. The molecular weight excluding hydrogens is 467 g/mol. The number of halogens is 1. The molecule has 28 heavy (non-hydrogen) atoms. The third kappa shape index (κ3) is 8.03. The van der Waals surface area contributed by atoms with Gasteiger partial charge in [-0.25, -0.2) is 0 Å². The van der Waals surface area contributed by atoms with Crippen molar-refractivity contribution in [1.29, 1.82) is 0 Å².